The number of nitrogens with one attached hydrogen (secondary N) is 2. The Hall–Kier alpha value is -1.51. The number of hydrogen-bond donors (Lipinski definition) is 4. The Labute approximate surface area is 99.8 Å². The SMILES string of the molecule is COCCNS(=O)(=O)Nc1ccc(O)cc1N. The summed E-state index contributed by atoms with van der Waals surface area (Å²) in [6.45, 7) is 0.426. The standard InChI is InChI=1S/C9H15N3O4S/c1-16-5-4-11-17(14,15)12-9-3-2-7(13)6-8(9)10/h2-3,6,11-13H,4-5,10H2,1H3. The topological polar surface area (TPSA) is 114 Å². The molecule has 8 heteroatoms. The Balaban J connectivity index is 2.69. The second-order valence-corrected chi connectivity index (χ2v) is 4.76. The van der Waals surface area contributed by atoms with Crippen LogP contribution in [0.4, 0.5) is 11.4 Å². The molecule has 0 aliphatic rings. The van der Waals surface area contributed by atoms with Crippen molar-refractivity contribution in [2.24, 2.45) is 0 Å². The van der Waals surface area contributed by atoms with Gasteiger partial charge in [0, 0.05) is 19.7 Å². The fraction of sp³-hybridized carbons (Fsp3) is 0.333. The maximum absolute atomic E-state index is 11.5. The number of nitrogen functional groups attached to an aromatic ring is 1. The van der Waals surface area contributed by atoms with Gasteiger partial charge in [0.25, 0.3) is 10.2 Å². The zero-order chi connectivity index (χ0) is 12.9. The highest BCUT2D eigenvalue weighted by Gasteiger charge is 2.11. The summed E-state index contributed by atoms with van der Waals surface area (Å²) in [5.41, 5.74) is 5.89. The molecule has 0 bridgehead atoms. The lowest BCUT2D eigenvalue weighted by molar-refractivity contribution is 0.204. The molecule has 0 unspecified atom stereocenters. The Morgan fingerprint density at radius 2 is 2.18 bits per heavy atom. The summed E-state index contributed by atoms with van der Waals surface area (Å²) in [7, 11) is -2.21. The van der Waals surface area contributed by atoms with E-state index in [-0.39, 0.29) is 30.3 Å². The smallest absolute Gasteiger partial charge is 0.299 e. The van der Waals surface area contributed by atoms with Crippen molar-refractivity contribution in [2.75, 3.05) is 30.7 Å². The summed E-state index contributed by atoms with van der Waals surface area (Å²) in [6, 6.07) is 3.97. The second-order valence-electron chi connectivity index (χ2n) is 3.26. The average Bonchev–Trinajstić information content (AvgIpc) is 2.22. The molecule has 0 aromatic heterocycles. The number of nitrogens with two attached hydrogens (primary N) is 1. The van der Waals surface area contributed by atoms with E-state index in [1.165, 1.54) is 25.3 Å². The van der Waals surface area contributed by atoms with Crippen LogP contribution in [0.1, 0.15) is 0 Å². The largest absolute Gasteiger partial charge is 0.508 e. The van der Waals surface area contributed by atoms with E-state index in [0.29, 0.717) is 0 Å². The van der Waals surface area contributed by atoms with Crippen LogP contribution in [0.15, 0.2) is 18.2 Å². The van der Waals surface area contributed by atoms with Crippen LogP contribution in [0, 0.1) is 0 Å². The number of aromatic hydroxyl groups is 1. The zero-order valence-corrected chi connectivity index (χ0v) is 10.1. The molecular weight excluding hydrogens is 246 g/mol. The maximum Gasteiger partial charge on any atom is 0.299 e. The first-order chi connectivity index (χ1) is 7.94. The molecule has 0 spiro atoms. The van der Waals surface area contributed by atoms with Crippen molar-refractivity contribution >= 4 is 21.6 Å². The minimum absolute atomic E-state index is 0.0298. The van der Waals surface area contributed by atoms with E-state index in [0.717, 1.165) is 0 Å². The predicted molar refractivity (Wildman–Crippen MR) is 64.9 cm³/mol. The van der Waals surface area contributed by atoms with Crippen LogP contribution >= 0.6 is 0 Å². The van der Waals surface area contributed by atoms with Gasteiger partial charge in [0.2, 0.25) is 0 Å². The number of anilines is 2. The average molecular weight is 261 g/mol. The number of benzene rings is 1. The van der Waals surface area contributed by atoms with Crippen LogP contribution in [0.25, 0.3) is 0 Å². The van der Waals surface area contributed by atoms with Crippen molar-refractivity contribution in [1.82, 2.24) is 4.72 Å². The van der Waals surface area contributed by atoms with Crippen LogP contribution in [0.5, 0.6) is 5.75 Å². The van der Waals surface area contributed by atoms with Gasteiger partial charge in [0.05, 0.1) is 18.0 Å². The molecular formula is C9H15N3O4S. The number of hydrogen-bond acceptors (Lipinski definition) is 5. The molecule has 0 radical (unpaired) electrons. The van der Waals surface area contributed by atoms with Crippen LogP contribution in [0.2, 0.25) is 0 Å². The lowest BCUT2D eigenvalue weighted by Gasteiger charge is -2.11. The fourth-order valence-electron chi connectivity index (χ4n) is 1.10. The summed E-state index contributed by atoms with van der Waals surface area (Å²) in [5.74, 6) is -0.0298. The van der Waals surface area contributed by atoms with Crippen LogP contribution < -0.4 is 15.2 Å². The quantitative estimate of drug-likeness (QED) is 0.323. The summed E-state index contributed by atoms with van der Waals surface area (Å²) >= 11 is 0. The van der Waals surface area contributed by atoms with E-state index < -0.39 is 10.2 Å². The molecule has 96 valence electrons. The lowest BCUT2D eigenvalue weighted by atomic mass is 10.2. The Morgan fingerprint density at radius 3 is 2.76 bits per heavy atom. The van der Waals surface area contributed by atoms with Crippen molar-refractivity contribution in [3.63, 3.8) is 0 Å². The van der Waals surface area contributed by atoms with E-state index in [4.69, 9.17) is 15.6 Å². The molecule has 0 aliphatic carbocycles. The number of phenolic OH excluding ortho intramolecular Hbond substituents is 1. The van der Waals surface area contributed by atoms with Gasteiger partial charge in [0.15, 0.2) is 0 Å². The predicted octanol–water partition coefficient (Wildman–Crippen LogP) is -0.133. The number of methoxy groups -OCH3 is 1. The van der Waals surface area contributed by atoms with Gasteiger partial charge in [0.1, 0.15) is 5.75 Å². The van der Waals surface area contributed by atoms with Crippen molar-refractivity contribution in [3.05, 3.63) is 18.2 Å². The summed E-state index contributed by atoms with van der Waals surface area (Å²) < 4.78 is 32.3. The highest BCUT2D eigenvalue weighted by atomic mass is 32.2. The third-order valence-corrected chi connectivity index (χ3v) is 2.95. The molecule has 0 saturated heterocycles. The Kier molecular flexibility index (Phi) is 4.55. The zero-order valence-electron chi connectivity index (χ0n) is 9.30. The summed E-state index contributed by atoms with van der Waals surface area (Å²) in [5, 5.41) is 9.12. The first kappa shape index (κ1) is 13.6. The lowest BCUT2D eigenvalue weighted by Crippen LogP contribution is -2.32. The minimum Gasteiger partial charge on any atom is -0.508 e. The molecule has 7 nitrogen and oxygen atoms in total. The molecule has 1 rings (SSSR count). The number of ether oxygens (including phenoxy) is 1. The van der Waals surface area contributed by atoms with Gasteiger partial charge in [-0.15, -0.1) is 0 Å². The highest BCUT2D eigenvalue weighted by molar-refractivity contribution is 7.90. The minimum atomic E-state index is -3.68. The van der Waals surface area contributed by atoms with Crippen molar-refractivity contribution in [3.8, 4) is 5.75 Å². The molecule has 0 amide bonds. The first-order valence-electron chi connectivity index (χ1n) is 4.79. The summed E-state index contributed by atoms with van der Waals surface area (Å²) in [4.78, 5) is 0. The van der Waals surface area contributed by atoms with Gasteiger partial charge < -0.3 is 15.6 Å². The number of rotatable bonds is 6. The molecule has 5 N–H and O–H groups in total. The molecule has 1 aromatic carbocycles. The Bertz CT molecular complexity index is 475. The van der Waals surface area contributed by atoms with Crippen molar-refractivity contribution in [1.29, 1.82) is 0 Å². The second kappa shape index (κ2) is 5.71. The first-order valence-corrected chi connectivity index (χ1v) is 6.28. The van der Waals surface area contributed by atoms with E-state index in [1.807, 2.05) is 0 Å². The molecule has 1 aromatic rings. The molecule has 0 saturated carbocycles. The molecule has 0 aliphatic heterocycles. The van der Waals surface area contributed by atoms with Gasteiger partial charge in [-0.25, -0.2) is 0 Å². The summed E-state index contributed by atoms with van der Waals surface area (Å²) in [6.07, 6.45) is 0. The van der Waals surface area contributed by atoms with Crippen LogP contribution in [-0.4, -0.2) is 33.8 Å². The Morgan fingerprint density at radius 1 is 1.47 bits per heavy atom. The van der Waals surface area contributed by atoms with Crippen LogP contribution in [-0.2, 0) is 14.9 Å². The van der Waals surface area contributed by atoms with E-state index in [1.54, 1.807) is 0 Å². The van der Waals surface area contributed by atoms with Gasteiger partial charge in [-0.1, -0.05) is 0 Å². The van der Waals surface area contributed by atoms with Gasteiger partial charge in [-0.3, -0.25) is 4.72 Å². The third-order valence-electron chi connectivity index (χ3n) is 1.88. The molecule has 0 heterocycles. The molecule has 0 fully saturated rings. The van der Waals surface area contributed by atoms with Gasteiger partial charge in [-0.2, -0.15) is 13.1 Å². The van der Waals surface area contributed by atoms with Gasteiger partial charge >= 0.3 is 0 Å². The van der Waals surface area contributed by atoms with Crippen LogP contribution in [0.3, 0.4) is 0 Å². The van der Waals surface area contributed by atoms with Crippen molar-refractivity contribution < 1.29 is 18.3 Å². The highest BCUT2D eigenvalue weighted by Crippen LogP contribution is 2.23. The number of phenols is 1. The van der Waals surface area contributed by atoms with Crippen molar-refractivity contribution in [2.45, 2.75) is 0 Å². The van der Waals surface area contributed by atoms with Gasteiger partial charge in [-0.05, 0) is 12.1 Å². The molecule has 17 heavy (non-hydrogen) atoms. The molecule has 0 atom stereocenters. The van der Waals surface area contributed by atoms with E-state index in [2.05, 4.69) is 9.44 Å². The fourth-order valence-corrected chi connectivity index (χ4v) is 2.00. The maximum atomic E-state index is 11.5. The van der Waals surface area contributed by atoms with E-state index >= 15 is 0 Å². The normalized spacial score (nSPS) is 11.4. The monoisotopic (exact) mass is 261 g/mol. The van der Waals surface area contributed by atoms with E-state index in [9.17, 15) is 8.42 Å². The third kappa shape index (κ3) is 4.47.